The monoisotopic (exact) mass is 321 g/mol. The highest BCUT2D eigenvalue weighted by Gasteiger charge is 2.70. The maximum atomic E-state index is 12.7. The highest BCUT2D eigenvalue weighted by Crippen LogP contribution is 2.64. The minimum atomic E-state index is -1.10. The molecular weight excluding hydrogens is 298 g/mol. The summed E-state index contributed by atoms with van der Waals surface area (Å²) >= 11 is 0. The lowest BCUT2D eigenvalue weighted by Crippen LogP contribution is -2.56. The van der Waals surface area contributed by atoms with Gasteiger partial charge in [-0.05, 0) is 24.5 Å². The molecule has 126 valence electrons. The molecule has 1 spiro atoms. The van der Waals surface area contributed by atoms with Crippen LogP contribution in [0.5, 0.6) is 0 Å². The van der Waals surface area contributed by atoms with Crippen molar-refractivity contribution < 1.29 is 23.8 Å². The van der Waals surface area contributed by atoms with Crippen LogP contribution in [0.25, 0.3) is 0 Å². The fourth-order valence-electron chi connectivity index (χ4n) is 4.75. The average Bonchev–Trinajstić information content (AvgIpc) is 2.80. The minimum absolute atomic E-state index is 0.00219. The summed E-state index contributed by atoms with van der Waals surface area (Å²) in [5, 5.41) is 3.53. The van der Waals surface area contributed by atoms with Gasteiger partial charge in [-0.3, -0.25) is 4.79 Å². The van der Waals surface area contributed by atoms with E-state index in [0.717, 1.165) is 25.1 Å². The highest BCUT2D eigenvalue weighted by atomic mass is 16.6. The fraction of sp³-hybridized carbons (Fsp3) is 0.765. The van der Waals surface area contributed by atoms with E-state index in [-0.39, 0.29) is 30.0 Å². The average molecular weight is 321 g/mol. The number of fused-ring (bicyclic) bond motifs is 1. The van der Waals surface area contributed by atoms with Crippen LogP contribution >= 0.6 is 0 Å². The molecule has 6 heteroatoms. The molecule has 2 aliphatic heterocycles. The van der Waals surface area contributed by atoms with E-state index in [1.165, 1.54) is 5.57 Å². The summed E-state index contributed by atoms with van der Waals surface area (Å²) < 4.78 is 16.5. The largest absolute Gasteiger partial charge is 0.497 e. The SMILES string of the molecule is COC1=C2C3CCN[C@]23CC1OC(=O)[C@@]1(CC(C)C)CC(=O)O1. The minimum Gasteiger partial charge on any atom is -0.497 e. The number of hydrogen-bond acceptors (Lipinski definition) is 6. The van der Waals surface area contributed by atoms with Crippen molar-refractivity contribution >= 4 is 11.9 Å². The van der Waals surface area contributed by atoms with Gasteiger partial charge < -0.3 is 19.5 Å². The molecule has 23 heavy (non-hydrogen) atoms. The molecule has 0 amide bonds. The van der Waals surface area contributed by atoms with E-state index in [4.69, 9.17) is 14.2 Å². The Balaban J connectivity index is 1.49. The fourth-order valence-corrected chi connectivity index (χ4v) is 4.75. The van der Waals surface area contributed by atoms with E-state index < -0.39 is 11.6 Å². The Morgan fingerprint density at radius 2 is 2.22 bits per heavy atom. The number of piperidine rings is 1. The van der Waals surface area contributed by atoms with Crippen LogP contribution in [0, 0.1) is 11.8 Å². The second-order valence-corrected chi connectivity index (χ2v) is 7.56. The number of ether oxygens (including phenoxy) is 3. The second kappa shape index (κ2) is 4.72. The van der Waals surface area contributed by atoms with Gasteiger partial charge in [-0.15, -0.1) is 0 Å². The summed E-state index contributed by atoms with van der Waals surface area (Å²) in [6.45, 7) is 5.00. The Morgan fingerprint density at radius 3 is 2.83 bits per heavy atom. The predicted octanol–water partition coefficient (Wildman–Crippen LogP) is 1.30. The Hall–Kier alpha value is -1.56. The lowest BCUT2D eigenvalue weighted by atomic mass is 9.85. The van der Waals surface area contributed by atoms with E-state index in [0.29, 0.717) is 12.3 Å². The van der Waals surface area contributed by atoms with Crippen LogP contribution in [0.4, 0.5) is 0 Å². The van der Waals surface area contributed by atoms with E-state index >= 15 is 0 Å². The first-order valence-electron chi connectivity index (χ1n) is 8.38. The van der Waals surface area contributed by atoms with Crippen molar-refractivity contribution in [2.75, 3.05) is 13.7 Å². The molecule has 6 nitrogen and oxygen atoms in total. The molecule has 2 heterocycles. The Morgan fingerprint density at radius 1 is 1.48 bits per heavy atom. The van der Waals surface area contributed by atoms with Gasteiger partial charge >= 0.3 is 11.9 Å². The maximum absolute atomic E-state index is 12.7. The number of cyclic esters (lactones) is 1. The first kappa shape index (κ1) is 15.0. The second-order valence-electron chi connectivity index (χ2n) is 7.56. The molecule has 4 aliphatic rings. The molecule has 0 aromatic carbocycles. The number of esters is 2. The predicted molar refractivity (Wildman–Crippen MR) is 80.3 cm³/mol. The Labute approximate surface area is 135 Å². The smallest absolute Gasteiger partial charge is 0.351 e. The molecule has 3 fully saturated rings. The van der Waals surface area contributed by atoms with Gasteiger partial charge in [-0.25, -0.2) is 4.79 Å². The number of methoxy groups -OCH3 is 1. The molecule has 0 aromatic rings. The molecule has 0 aromatic heterocycles. The van der Waals surface area contributed by atoms with Gasteiger partial charge in [0.05, 0.1) is 19.1 Å². The topological polar surface area (TPSA) is 73.9 Å². The number of nitrogens with one attached hydrogen (secondary N) is 1. The van der Waals surface area contributed by atoms with E-state index in [9.17, 15) is 9.59 Å². The van der Waals surface area contributed by atoms with Crippen molar-refractivity contribution in [1.82, 2.24) is 5.32 Å². The third-order valence-corrected chi connectivity index (χ3v) is 5.60. The van der Waals surface area contributed by atoms with Gasteiger partial charge in [0.25, 0.3) is 0 Å². The van der Waals surface area contributed by atoms with E-state index in [2.05, 4.69) is 5.32 Å². The summed E-state index contributed by atoms with van der Waals surface area (Å²) in [7, 11) is 1.63. The van der Waals surface area contributed by atoms with E-state index in [1.54, 1.807) is 7.11 Å². The van der Waals surface area contributed by atoms with Crippen LogP contribution in [0.2, 0.25) is 0 Å². The molecule has 4 atom stereocenters. The molecule has 4 rings (SSSR count). The van der Waals surface area contributed by atoms with Gasteiger partial charge in [0, 0.05) is 18.8 Å². The van der Waals surface area contributed by atoms with E-state index in [1.807, 2.05) is 13.8 Å². The molecule has 2 unspecified atom stereocenters. The summed E-state index contributed by atoms with van der Waals surface area (Å²) in [5.41, 5.74) is 0.173. The zero-order valence-corrected chi connectivity index (χ0v) is 13.8. The van der Waals surface area contributed by atoms with Crippen molar-refractivity contribution in [1.29, 1.82) is 0 Å². The number of rotatable bonds is 5. The number of hydrogen-bond donors (Lipinski definition) is 1. The van der Waals surface area contributed by atoms with Gasteiger partial charge in [0.2, 0.25) is 5.60 Å². The highest BCUT2D eigenvalue weighted by molar-refractivity contribution is 5.93. The molecule has 1 N–H and O–H groups in total. The van der Waals surface area contributed by atoms with Crippen molar-refractivity contribution in [2.24, 2.45) is 11.8 Å². The molecule has 1 saturated carbocycles. The third kappa shape index (κ3) is 1.97. The summed E-state index contributed by atoms with van der Waals surface area (Å²) in [6, 6.07) is 0. The number of carbonyl (C=O) groups is 2. The van der Waals surface area contributed by atoms with Crippen molar-refractivity contribution in [3.05, 3.63) is 11.3 Å². The lowest BCUT2D eigenvalue weighted by Gasteiger charge is -2.39. The molecular formula is C17H23NO5. The van der Waals surface area contributed by atoms with Gasteiger partial charge in [0.15, 0.2) is 6.10 Å². The van der Waals surface area contributed by atoms with Gasteiger partial charge in [-0.1, -0.05) is 13.8 Å². The summed E-state index contributed by atoms with van der Waals surface area (Å²) in [5.74, 6) is 0.809. The zero-order valence-electron chi connectivity index (χ0n) is 13.8. The first-order valence-corrected chi connectivity index (χ1v) is 8.38. The first-order chi connectivity index (χ1) is 10.9. The van der Waals surface area contributed by atoms with Crippen LogP contribution in [0.1, 0.15) is 39.5 Å². The van der Waals surface area contributed by atoms with Crippen LogP contribution in [-0.4, -0.2) is 42.8 Å². The van der Waals surface area contributed by atoms with Crippen molar-refractivity contribution in [3.63, 3.8) is 0 Å². The summed E-state index contributed by atoms with van der Waals surface area (Å²) in [4.78, 5) is 24.0. The van der Waals surface area contributed by atoms with Gasteiger partial charge in [-0.2, -0.15) is 0 Å². The van der Waals surface area contributed by atoms with Crippen LogP contribution < -0.4 is 5.32 Å². The van der Waals surface area contributed by atoms with Crippen LogP contribution in [-0.2, 0) is 23.8 Å². The zero-order chi connectivity index (χ0) is 16.4. The van der Waals surface area contributed by atoms with Crippen LogP contribution in [0.3, 0.4) is 0 Å². The maximum Gasteiger partial charge on any atom is 0.351 e. The number of carbonyl (C=O) groups excluding carboxylic acids is 2. The molecule has 2 aliphatic carbocycles. The quantitative estimate of drug-likeness (QED) is 0.769. The molecule has 0 radical (unpaired) electrons. The lowest BCUT2D eigenvalue weighted by molar-refractivity contribution is -0.213. The van der Waals surface area contributed by atoms with Gasteiger partial charge in [0.1, 0.15) is 5.76 Å². The Kier molecular flexibility index (Phi) is 3.08. The summed E-state index contributed by atoms with van der Waals surface area (Å²) in [6.07, 6.45) is 2.09. The Bertz CT molecular complexity index is 602. The normalized spacial score (nSPS) is 40.4. The van der Waals surface area contributed by atoms with Crippen molar-refractivity contribution in [3.8, 4) is 0 Å². The third-order valence-electron chi connectivity index (χ3n) is 5.60. The van der Waals surface area contributed by atoms with Crippen LogP contribution in [0.15, 0.2) is 11.3 Å². The van der Waals surface area contributed by atoms with Crippen molar-refractivity contribution in [2.45, 2.75) is 56.8 Å². The molecule has 2 saturated heterocycles. The molecule has 0 bridgehead atoms. The standard InChI is InChI=1S/C17H23NO5/c1-9(2)6-16(8-12(19)23-16)15(20)22-11-7-17-10(4-5-18-17)13(17)14(11)21-3/h9-11,18H,4-8H2,1-3H3/t10?,11?,16-,17+/m1/s1.